The van der Waals surface area contributed by atoms with Crippen LogP contribution in [0.5, 0.6) is 11.8 Å². The number of hydrogen-bond donors (Lipinski definition) is 0. The lowest BCUT2D eigenvalue weighted by molar-refractivity contribution is 0.140. The number of nitrogens with zero attached hydrogens (tertiary/aromatic N) is 3. The molecule has 0 amide bonds. The van der Waals surface area contributed by atoms with Gasteiger partial charge in [-0.1, -0.05) is 11.2 Å². The molecule has 5 nitrogen and oxygen atoms in total. The third-order valence-electron chi connectivity index (χ3n) is 2.77. The van der Waals surface area contributed by atoms with Gasteiger partial charge in [-0.15, -0.1) is 0 Å². The van der Waals surface area contributed by atoms with E-state index in [9.17, 15) is 8.78 Å². The lowest BCUT2D eigenvalue weighted by Crippen LogP contribution is -1.93. The molecule has 118 valence electrons. The molecule has 1 aromatic carbocycles. The van der Waals surface area contributed by atoms with E-state index in [4.69, 9.17) is 9.26 Å². The number of alkyl halides is 2. The summed E-state index contributed by atoms with van der Waals surface area (Å²) in [6.07, 6.45) is 0.348. The number of aromatic nitrogens is 3. The zero-order valence-corrected chi connectivity index (χ0v) is 14.4. The summed E-state index contributed by atoms with van der Waals surface area (Å²) in [6.45, 7) is 0. The van der Waals surface area contributed by atoms with Crippen LogP contribution >= 0.6 is 31.9 Å². The van der Waals surface area contributed by atoms with Gasteiger partial charge >= 0.3 is 6.01 Å². The third-order valence-corrected chi connectivity index (χ3v) is 3.84. The molecule has 0 saturated carbocycles. The van der Waals surface area contributed by atoms with Crippen molar-refractivity contribution >= 4 is 31.9 Å². The fourth-order valence-electron chi connectivity index (χ4n) is 1.79. The van der Waals surface area contributed by atoms with Crippen molar-refractivity contribution in [3.8, 4) is 23.1 Å². The average molecular weight is 447 g/mol. The van der Waals surface area contributed by atoms with E-state index < -0.39 is 12.1 Å². The van der Waals surface area contributed by atoms with Gasteiger partial charge in [0.15, 0.2) is 5.76 Å². The summed E-state index contributed by atoms with van der Waals surface area (Å²) in [5, 5.41) is 3.35. The molecule has 0 aliphatic heterocycles. The summed E-state index contributed by atoms with van der Waals surface area (Å²) in [4.78, 5) is 8.02. The van der Waals surface area contributed by atoms with Gasteiger partial charge in [-0.3, -0.25) is 0 Å². The lowest BCUT2D eigenvalue weighted by Gasteiger charge is -2.09. The smallest absolute Gasteiger partial charge is 0.321 e. The van der Waals surface area contributed by atoms with Crippen molar-refractivity contribution in [2.24, 2.45) is 0 Å². The van der Waals surface area contributed by atoms with E-state index in [2.05, 4.69) is 47.0 Å². The van der Waals surface area contributed by atoms with Crippen LogP contribution in [0.1, 0.15) is 12.1 Å². The zero-order chi connectivity index (χ0) is 16.4. The normalized spacial score (nSPS) is 11.0. The average Bonchev–Trinajstić information content (AvgIpc) is 2.99. The highest BCUT2D eigenvalue weighted by Crippen LogP contribution is 2.39. The Balaban J connectivity index is 2.00. The maximum Gasteiger partial charge on any atom is 0.321 e. The van der Waals surface area contributed by atoms with Crippen LogP contribution in [0.25, 0.3) is 11.3 Å². The monoisotopic (exact) mass is 445 g/mol. The number of benzene rings is 1. The van der Waals surface area contributed by atoms with Gasteiger partial charge in [0.25, 0.3) is 6.43 Å². The minimum Gasteiger partial charge on any atom is -0.423 e. The van der Waals surface area contributed by atoms with Gasteiger partial charge in [-0.25, -0.2) is 18.7 Å². The standard InChI is InChI=1S/C14H7Br2F2N3O2/c15-7-5-19-14(20-6-7)22-10-3-1-2-8(16)12(10)11-4-9(13(17)18)21-23-11/h1-6,13H. The Hall–Kier alpha value is -1.87. The topological polar surface area (TPSA) is 61.0 Å². The number of hydrogen-bond acceptors (Lipinski definition) is 5. The van der Waals surface area contributed by atoms with Crippen LogP contribution in [-0.4, -0.2) is 15.1 Å². The summed E-state index contributed by atoms with van der Waals surface area (Å²) >= 11 is 6.58. The molecular formula is C14H7Br2F2N3O2. The first-order chi connectivity index (χ1) is 11.0. The first-order valence-electron chi connectivity index (χ1n) is 6.23. The highest BCUT2D eigenvalue weighted by Gasteiger charge is 2.20. The second-order valence-electron chi connectivity index (χ2n) is 4.32. The predicted octanol–water partition coefficient (Wildman–Crippen LogP) is 5.39. The molecule has 0 aliphatic rings. The molecular weight excluding hydrogens is 440 g/mol. The van der Waals surface area contributed by atoms with E-state index in [1.165, 1.54) is 18.5 Å². The molecule has 0 fully saturated rings. The Morgan fingerprint density at radius 3 is 2.52 bits per heavy atom. The molecule has 23 heavy (non-hydrogen) atoms. The number of halogens is 4. The largest absolute Gasteiger partial charge is 0.423 e. The molecule has 9 heteroatoms. The van der Waals surface area contributed by atoms with Gasteiger partial charge < -0.3 is 9.26 Å². The Morgan fingerprint density at radius 1 is 1.13 bits per heavy atom. The van der Waals surface area contributed by atoms with Crippen molar-refractivity contribution in [2.75, 3.05) is 0 Å². The van der Waals surface area contributed by atoms with Crippen molar-refractivity contribution in [3.63, 3.8) is 0 Å². The van der Waals surface area contributed by atoms with E-state index in [-0.39, 0.29) is 11.8 Å². The van der Waals surface area contributed by atoms with E-state index in [1.807, 2.05) is 0 Å². The highest BCUT2D eigenvalue weighted by atomic mass is 79.9. The minimum atomic E-state index is -2.71. The molecule has 0 bridgehead atoms. The third kappa shape index (κ3) is 3.56. The van der Waals surface area contributed by atoms with Crippen LogP contribution in [0.15, 0.2) is 50.1 Å². The molecule has 0 spiro atoms. The van der Waals surface area contributed by atoms with E-state index in [0.717, 1.165) is 0 Å². The molecule has 0 N–H and O–H groups in total. The van der Waals surface area contributed by atoms with Gasteiger partial charge in [0.05, 0.1) is 10.0 Å². The lowest BCUT2D eigenvalue weighted by atomic mass is 10.1. The Bertz CT molecular complexity index is 825. The Morgan fingerprint density at radius 2 is 1.87 bits per heavy atom. The second kappa shape index (κ2) is 6.71. The first kappa shape index (κ1) is 16.0. The molecule has 3 rings (SSSR count). The van der Waals surface area contributed by atoms with Crippen LogP contribution in [0.4, 0.5) is 8.78 Å². The van der Waals surface area contributed by atoms with Crippen LogP contribution in [0.2, 0.25) is 0 Å². The van der Waals surface area contributed by atoms with Crippen LogP contribution in [0, 0.1) is 0 Å². The molecule has 2 aromatic heterocycles. The molecule has 2 heterocycles. The second-order valence-corrected chi connectivity index (χ2v) is 6.09. The van der Waals surface area contributed by atoms with Gasteiger partial charge in [-0.2, -0.15) is 0 Å². The molecule has 0 aliphatic carbocycles. The van der Waals surface area contributed by atoms with Crippen molar-refractivity contribution in [3.05, 3.63) is 51.3 Å². The first-order valence-corrected chi connectivity index (χ1v) is 7.82. The molecule has 3 aromatic rings. The predicted molar refractivity (Wildman–Crippen MR) is 84.4 cm³/mol. The SMILES string of the molecule is FC(F)c1cc(-c2c(Br)cccc2Oc2ncc(Br)cn2)on1. The van der Waals surface area contributed by atoms with Crippen LogP contribution in [-0.2, 0) is 0 Å². The van der Waals surface area contributed by atoms with Gasteiger partial charge in [0, 0.05) is 22.9 Å². The Kier molecular flexibility index (Phi) is 4.67. The molecule has 0 radical (unpaired) electrons. The van der Waals surface area contributed by atoms with Gasteiger partial charge in [0.1, 0.15) is 11.4 Å². The van der Waals surface area contributed by atoms with Crippen molar-refractivity contribution in [2.45, 2.75) is 6.43 Å². The number of ether oxygens (including phenoxy) is 1. The minimum absolute atomic E-state index is 0.112. The zero-order valence-electron chi connectivity index (χ0n) is 11.2. The molecule has 0 unspecified atom stereocenters. The van der Waals surface area contributed by atoms with Crippen molar-refractivity contribution < 1.29 is 18.0 Å². The van der Waals surface area contributed by atoms with Crippen molar-refractivity contribution in [1.29, 1.82) is 0 Å². The molecule has 0 atom stereocenters. The number of rotatable bonds is 4. The summed E-state index contributed by atoms with van der Waals surface area (Å²) in [5.74, 6) is 0.499. The quantitative estimate of drug-likeness (QED) is 0.537. The van der Waals surface area contributed by atoms with Crippen molar-refractivity contribution in [1.82, 2.24) is 15.1 Å². The fourth-order valence-corrected chi connectivity index (χ4v) is 2.54. The van der Waals surface area contributed by atoms with E-state index in [0.29, 0.717) is 20.3 Å². The molecule has 0 saturated heterocycles. The van der Waals surface area contributed by atoms with E-state index in [1.54, 1.807) is 18.2 Å². The summed E-state index contributed by atoms with van der Waals surface area (Å²) in [5.41, 5.74) is 0.0000125. The maximum atomic E-state index is 12.7. The van der Waals surface area contributed by atoms with Crippen LogP contribution < -0.4 is 4.74 Å². The fraction of sp³-hybridized carbons (Fsp3) is 0.0714. The summed E-state index contributed by atoms with van der Waals surface area (Å²) < 4.78 is 37.3. The summed E-state index contributed by atoms with van der Waals surface area (Å²) in [6, 6.07) is 6.39. The highest BCUT2D eigenvalue weighted by molar-refractivity contribution is 9.10. The summed E-state index contributed by atoms with van der Waals surface area (Å²) in [7, 11) is 0. The van der Waals surface area contributed by atoms with Gasteiger partial charge in [-0.05, 0) is 44.0 Å². The van der Waals surface area contributed by atoms with Gasteiger partial charge in [0.2, 0.25) is 0 Å². The maximum absolute atomic E-state index is 12.7. The Labute approximate surface area is 145 Å². The van der Waals surface area contributed by atoms with E-state index >= 15 is 0 Å². The van der Waals surface area contributed by atoms with Crippen LogP contribution in [0.3, 0.4) is 0 Å².